The molecule has 1 atom stereocenters. The third-order valence-corrected chi connectivity index (χ3v) is 7.69. The van der Waals surface area contributed by atoms with E-state index in [1.54, 1.807) is 11.0 Å². The SMILES string of the molecule is NC[C@@H]1CCCN(c2c(NC(=O)c3csc(-c4ccnnc4)n3)ccc(Oc3cccc(F)c3)c2C(F)(F)F)C1.O=C(O)/C=C/C(=O)O. The number of nitrogens with one attached hydrogen (secondary N) is 1. The molecule has 4 aromatic rings. The Bertz CT molecular complexity index is 1770. The Morgan fingerprint density at radius 2 is 1.85 bits per heavy atom. The van der Waals surface area contributed by atoms with Crippen LogP contribution in [-0.4, -0.2) is 62.9 Å². The van der Waals surface area contributed by atoms with E-state index in [4.69, 9.17) is 20.7 Å². The van der Waals surface area contributed by atoms with Crippen LogP contribution in [0, 0.1) is 11.7 Å². The number of carbonyl (C=O) groups excluding carboxylic acids is 1. The minimum Gasteiger partial charge on any atom is -0.478 e. The number of thiazole rings is 1. The lowest BCUT2D eigenvalue weighted by Crippen LogP contribution is -2.40. The van der Waals surface area contributed by atoms with Gasteiger partial charge in [-0.2, -0.15) is 23.4 Å². The first-order valence-corrected chi connectivity index (χ1v) is 15.0. The van der Waals surface area contributed by atoms with E-state index in [-0.39, 0.29) is 35.3 Å². The van der Waals surface area contributed by atoms with Gasteiger partial charge in [-0.05, 0) is 55.6 Å². The molecule has 0 radical (unpaired) electrons. The molecule has 17 heteroatoms. The van der Waals surface area contributed by atoms with Crippen LogP contribution in [0.3, 0.4) is 0 Å². The van der Waals surface area contributed by atoms with Gasteiger partial charge in [0.15, 0.2) is 0 Å². The number of benzene rings is 2. The number of ether oxygens (including phenoxy) is 1. The normalized spacial score (nSPS) is 14.6. The second kappa shape index (κ2) is 15.9. The summed E-state index contributed by atoms with van der Waals surface area (Å²) in [5, 5.41) is 27.8. The summed E-state index contributed by atoms with van der Waals surface area (Å²) in [5.41, 5.74) is 5.19. The predicted molar refractivity (Wildman–Crippen MR) is 167 cm³/mol. The Kier molecular flexibility index (Phi) is 11.8. The van der Waals surface area contributed by atoms with Crippen molar-refractivity contribution in [1.29, 1.82) is 0 Å². The van der Waals surface area contributed by atoms with E-state index in [2.05, 4.69) is 20.5 Å². The van der Waals surface area contributed by atoms with E-state index in [1.807, 2.05) is 0 Å². The van der Waals surface area contributed by atoms with E-state index in [0.717, 1.165) is 24.6 Å². The number of halogens is 4. The van der Waals surface area contributed by atoms with Crippen molar-refractivity contribution >= 4 is 40.6 Å². The molecule has 5 N–H and O–H groups in total. The van der Waals surface area contributed by atoms with Crippen molar-refractivity contribution in [3.8, 4) is 22.1 Å². The lowest BCUT2D eigenvalue weighted by atomic mass is 9.96. The van der Waals surface area contributed by atoms with Crippen LogP contribution in [0.25, 0.3) is 10.6 Å². The third-order valence-electron chi connectivity index (χ3n) is 6.80. The van der Waals surface area contributed by atoms with E-state index in [1.165, 1.54) is 47.3 Å². The molecule has 1 saturated heterocycles. The Morgan fingerprint density at radius 1 is 1.10 bits per heavy atom. The molecule has 1 aliphatic heterocycles. The molecular weight excluding hydrogens is 660 g/mol. The maximum atomic E-state index is 14.7. The molecule has 48 heavy (non-hydrogen) atoms. The highest BCUT2D eigenvalue weighted by Crippen LogP contribution is 2.48. The molecule has 5 rings (SSSR count). The summed E-state index contributed by atoms with van der Waals surface area (Å²) in [7, 11) is 0. The van der Waals surface area contributed by atoms with Gasteiger partial charge in [0.05, 0.1) is 23.8 Å². The van der Waals surface area contributed by atoms with Crippen LogP contribution in [0.1, 0.15) is 28.9 Å². The molecule has 0 unspecified atom stereocenters. The molecular formula is C31H28F4N6O6S. The molecule has 2 aromatic heterocycles. The summed E-state index contributed by atoms with van der Waals surface area (Å²) in [6.45, 7) is 0.897. The number of alkyl halides is 3. The van der Waals surface area contributed by atoms with Gasteiger partial charge >= 0.3 is 18.1 Å². The lowest BCUT2D eigenvalue weighted by molar-refractivity contribution is -0.138. The molecule has 1 aliphatic rings. The van der Waals surface area contributed by atoms with Gasteiger partial charge in [0, 0.05) is 42.3 Å². The van der Waals surface area contributed by atoms with Crippen molar-refractivity contribution in [2.75, 3.05) is 29.9 Å². The number of hydrogen-bond acceptors (Lipinski definition) is 10. The predicted octanol–water partition coefficient (Wildman–Crippen LogP) is 5.69. The number of carboxylic acid groups (broad SMARTS) is 2. The first-order valence-electron chi connectivity index (χ1n) is 14.2. The van der Waals surface area contributed by atoms with Crippen molar-refractivity contribution in [2.45, 2.75) is 19.0 Å². The van der Waals surface area contributed by atoms with Gasteiger partial charge in [-0.3, -0.25) is 4.79 Å². The fraction of sp³-hybridized carbons (Fsp3) is 0.226. The number of anilines is 2. The quantitative estimate of drug-likeness (QED) is 0.125. The van der Waals surface area contributed by atoms with Gasteiger partial charge in [-0.15, -0.1) is 11.3 Å². The van der Waals surface area contributed by atoms with Crippen molar-refractivity contribution in [1.82, 2.24) is 15.2 Å². The van der Waals surface area contributed by atoms with E-state index >= 15 is 0 Å². The molecule has 1 fully saturated rings. The molecule has 0 aliphatic carbocycles. The Balaban J connectivity index is 0.000000579. The molecule has 0 bridgehead atoms. The summed E-state index contributed by atoms with van der Waals surface area (Å²) in [5.74, 6) is -4.47. The highest BCUT2D eigenvalue weighted by atomic mass is 32.1. The number of carbonyl (C=O) groups is 3. The number of amides is 1. The fourth-order valence-electron chi connectivity index (χ4n) is 4.74. The van der Waals surface area contributed by atoms with Crippen LogP contribution in [-0.2, 0) is 15.8 Å². The highest BCUT2D eigenvalue weighted by Gasteiger charge is 2.41. The summed E-state index contributed by atoms with van der Waals surface area (Å²) in [4.78, 5) is 38.2. The highest BCUT2D eigenvalue weighted by molar-refractivity contribution is 7.13. The second-order valence-electron chi connectivity index (χ2n) is 10.2. The number of nitrogens with two attached hydrogens (primary N) is 1. The molecule has 0 spiro atoms. The molecule has 0 saturated carbocycles. The number of hydrogen-bond donors (Lipinski definition) is 4. The zero-order valence-electron chi connectivity index (χ0n) is 24.9. The molecule has 252 valence electrons. The average Bonchev–Trinajstić information content (AvgIpc) is 3.55. The van der Waals surface area contributed by atoms with Crippen LogP contribution >= 0.6 is 11.3 Å². The number of piperidine rings is 1. The largest absolute Gasteiger partial charge is 0.478 e. The molecule has 1 amide bonds. The molecule has 12 nitrogen and oxygen atoms in total. The number of rotatable bonds is 9. The van der Waals surface area contributed by atoms with Crippen LogP contribution in [0.4, 0.5) is 28.9 Å². The van der Waals surface area contributed by atoms with Gasteiger partial charge in [-0.1, -0.05) is 6.07 Å². The first-order chi connectivity index (χ1) is 22.8. The molecule has 3 heterocycles. The van der Waals surface area contributed by atoms with Crippen molar-refractivity contribution in [3.63, 3.8) is 0 Å². The van der Waals surface area contributed by atoms with Crippen molar-refractivity contribution in [2.24, 2.45) is 11.7 Å². The summed E-state index contributed by atoms with van der Waals surface area (Å²) < 4.78 is 63.5. The molecule has 2 aromatic carbocycles. The number of aromatic nitrogens is 3. The maximum Gasteiger partial charge on any atom is 0.422 e. The number of nitrogens with zero attached hydrogens (tertiary/aromatic N) is 4. The maximum absolute atomic E-state index is 14.7. The van der Waals surface area contributed by atoms with Gasteiger partial charge < -0.3 is 30.9 Å². The zero-order chi connectivity index (χ0) is 34.8. The average molecular weight is 689 g/mol. The van der Waals surface area contributed by atoms with Gasteiger partial charge in [0.25, 0.3) is 5.91 Å². The summed E-state index contributed by atoms with van der Waals surface area (Å²) in [6, 6.07) is 9.02. The van der Waals surface area contributed by atoms with E-state index in [0.29, 0.717) is 42.2 Å². The Morgan fingerprint density at radius 3 is 2.48 bits per heavy atom. The number of aliphatic carboxylic acids is 2. The third kappa shape index (κ3) is 9.55. The van der Waals surface area contributed by atoms with Crippen LogP contribution in [0.2, 0.25) is 0 Å². The van der Waals surface area contributed by atoms with E-state index < -0.39 is 41.2 Å². The Hall–Kier alpha value is -5.42. The minimum absolute atomic E-state index is 0.0266. The topological polar surface area (TPSA) is 181 Å². The van der Waals surface area contributed by atoms with Crippen LogP contribution in [0.5, 0.6) is 11.5 Å². The fourth-order valence-corrected chi connectivity index (χ4v) is 5.53. The zero-order valence-corrected chi connectivity index (χ0v) is 25.7. The summed E-state index contributed by atoms with van der Waals surface area (Å²) >= 11 is 1.19. The first kappa shape index (κ1) is 35.4. The second-order valence-corrected chi connectivity index (χ2v) is 11.1. The van der Waals surface area contributed by atoms with Gasteiger partial charge in [0.1, 0.15) is 33.6 Å². The van der Waals surface area contributed by atoms with Crippen molar-refractivity contribution < 1.29 is 46.9 Å². The monoisotopic (exact) mass is 688 g/mol. The smallest absolute Gasteiger partial charge is 0.422 e. The van der Waals surface area contributed by atoms with Gasteiger partial charge in [0.2, 0.25) is 0 Å². The van der Waals surface area contributed by atoms with Gasteiger partial charge in [-0.25, -0.2) is 19.0 Å². The Labute approximate surface area is 274 Å². The lowest BCUT2D eigenvalue weighted by Gasteiger charge is -2.37. The minimum atomic E-state index is -4.86. The van der Waals surface area contributed by atoms with Crippen molar-refractivity contribution in [3.05, 3.63) is 89.5 Å². The summed E-state index contributed by atoms with van der Waals surface area (Å²) in [6.07, 6.45) is 0.636. The van der Waals surface area contributed by atoms with Crippen LogP contribution in [0.15, 0.2) is 72.4 Å². The number of carboxylic acids is 2. The van der Waals surface area contributed by atoms with E-state index in [9.17, 15) is 31.9 Å². The van der Waals surface area contributed by atoms with Crippen LogP contribution < -0.4 is 20.7 Å². The standard InChI is InChI=1S/C27H24F4N6O2S.C4H4O4/c28-18-4-1-5-19(11-18)39-22-7-6-20(24(23(22)27(29,30)31)37-10-2-3-16(12-32)14-37)35-25(38)21-15-40-26(36-21)17-8-9-33-34-13-17;5-3(6)1-2-4(7)8/h1,4-9,11,13,15-16H,2-3,10,12,14,32H2,(H,35,38);1-2H,(H,5,6)(H,7,8)/b;2-1+/t16-;/m0./s1.